The Morgan fingerprint density at radius 2 is 1.61 bits per heavy atom. The number of alkyl halides is 7. The maximum absolute atomic E-state index is 13.5. The summed E-state index contributed by atoms with van der Waals surface area (Å²) in [5, 5.41) is -4.55. The summed E-state index contributed by atoms with van der Waals surface area (Å²) >= 11 is 0. The number of unbranched alkanes of at least 4 members (excludes halogenated alkanes) is 1. The molecule has 0 saturated heterocycles. The lowest BCUT2D eigenvalue weighted by Gasteiger charge is -2.33. The molecule has 2 N–H and O–H groups in total. The van der Waals surface area contributed by atoms with Gasteiger partial charge in [-0.2, -0.15) is 43.5 Å². The van der Waals surface area contributed by atoms with Gasteiger partial charge in [-0.15, -0.1) is 0 Å². The topological polar surface area (TPSA) is 119 Å². The molecule has 0 rings (SSSR count). The molecule has 0 fully saturated rings. The summed E-state index contributed by atoms with van der Waals surface area (Å²) in [6.07, 6.45) is -8.12. The summed E-state index contributed by atoms with van der Waals surface area (Å²) in [6, 6.07) is 0. The number of carbonyl (C=O) groups excluding carboxylic acids is 2. The molecule has 0 saturated carbocycles. The zero-order chi connectivity index (χ0) is 24.9. The molecule has 8 nitrogen and oxygen atoms in total. The first kappa shape index (κ1) is 29.0. The Morgan fingerprint density at radius 3 is 2.00 bits per heavy atom. The molecule has 0 aliphatic carbocycles. The summed E-state index contributed by atoms with van der Waals surface area (Å²) in [7, 11) is -6.70. The van der Waals surface area contributed by atoms with Crippen molar-refractivity contribution in [3.05, 3.63) is 12.4 Å². The number of hydrogen-bond acceptors (Lipinski definition) is 6. The first-order valence-electron chi connectivity index (χ1n) is 8.06. The van der Waals surface area contributed by atoms with Crippen LogP contribution >= 0.6 is 0 Å². The third-order valence-electron chi connectivity index (χ3n) is 3.42. The minimum Gasteiger partial charge on any atom is -0.410 e. The molecule has 0 heterocycles. The lowest BCUT2D eigenvalue weighted by molar-refractivity contribution is -0.350. The van der Waals surface area contributed by atoms with Gasteiger partial charge in [-0.3, -0.25) is 9.35 Å². The average molecular weight is 495 g/mol. The van der Waals surface area contributed by atoms with E-state index in [4.69, 9.17) is 4.55 Å². The fraction of sp³-hybridized carbons (Fsp3) is 0.714. The minimum absolute atomic E-state index is 0.0854. The van der Waals surface area contributed by atoms with Crippen molar-refractivity contribution in [2.75, 3.05) is 13.2 Å². The van der Waals surface area contributed by atoms with Gasteiger partial charge in [-0.05, 0) is 6.42 Å². The second-order valence-corrected chi connectivity index (χ2v) is 7.28. The van der Waals surface area contributed by atoms with E-state index in [0.717, 1.165) is 0 Å². The molecule has 1 atom stereocenters. The molecule has 0 aromatic carbocycles. The minimum atomic E-state index is -6.70. The molecule has 182 valence electrons. The summed E-state index contributed by atoms with van der Waals surface area (Å²) in [5.74, 6) is -17.4. The molecule has 0 aromatic heterocycles. The van der Waals surface area contributed by atoms with Crippen molar-refractivity contribution < 1.29 is 67.2 Å². The van der Waals surface area contributed by atoms with Crippen LogP contribution in [0.4, 0.5) is 35.1 Å². The number of rotatable bonds is 12. The van der Waals surface area contributed by atoms with Crippen LogP contribution < -0.4 is 5.32 Å². The number of hydrogen-bond donors (Lipinski definition) is 2. The highest BCUT2D eigenvalue weighted by Gasteiger charge is 2.68. The highest BCUT2D eigenvalue weighted by Crippen LogP contribution is 2.42. The maximum Gasteiger partial charge on any atom is 0.466 e. The van der Waals surface area contributed by atoms with Crippen LogP contribution in [-0.2, 0) is 29.2 Å². The van der Waals surface area contributed by atoms with Gasteiger partial charge in [0.25, 0.3) is 0 Å². The van der Waals surface area contributed by atoms with Gasteiger partial charge in [0.15, 0.2) is 0 Å². The first-order valence-corrected chi connectivity index (χ1v) is 9.50. The van der Waals surface area contributed by atoms with Crippen LogP contribution in [0.1, 0.15) is 26.2 Å². The van der Waals surface area contributed by atoms with Crippen LogP contribution in [0.3, 0.4) is 0 Å². The second kappa shape index (κ2) is 10.1. The third-order valence-corrected chi connectivity index (χ3v) is 4.36. The average Bonchev–Trinajstić information content (AvgIpc) is 2.58. The summed E-state index contributed by atoms with van der Waals surface area (Å²) in [5.41, 5.74) is 0. The Morgan fingerprint density at radius 1 is 1.10 bits per heavy atom. The van der Waals surface area contributed by atoms with Gasteiger partial charge in [-0.25, -0.2) is 4.79 Å². The van der Waals surface area contributed by atoms with Crippen molar-refractivity contribution in [1.82, 2.24) is 5.32 Å². The molecule has 0 bridgehead atoms. The smallest absolute Gasteiger partial charge is 0.410 e. The van der Waals surface area contributed by atoms with Crippen LogP contribution in [0.5, 0.6) is 0 Å². The number of amides is 1. The van der Waals surface area contributed by atoms with Crippen molar-refractivity contribution in [2.24, 2.45) is 0 Å². The number of ether oxygens (including phenoxy) is 2. The van der Waals surface area contributed by atoms with E-state index < -0.39 is 70.5 Å². The Labute approximate surface area is 170 Å². The van der Waals surface area contributed by atoms with Crippen LogP contribution in [0.15, 0.2) is 12.4 Å². The van der Waals surface area contributed by atoms with Gasteiger partial charge in [0.05, 0.1) is 6.61 Å². The van der Waals surface area contributed by atoms with Gasteiger partial charge >= 0.3 is 45.1 Å². The summed E-state index contributed by atoms with van der Waals surface area (Å²) in [4.78, 5) is 23.3. The van der Waals surface area contributed by atoms with Gasteiger partial charge in [-0.1, -0.05) is 19.9 Å². The molecule has 0 aromatic rings. The van der Waals surface area contributed by atoms with Crippen LogP contribution in [0.2, 0.25) is 0 Å². The Bertz CT molecular complexity index is 784. The van der Waals surface area contributed by atoms with E-state index in [9.17, 15) is 53.1 Å². The van der Waals surface area contributed by atoms with Crippen LogP contribution in [0.25, 0.3) is 0 Å². The number of carbonyl (C=O) groups is 2. The van der Waals surface area contributed by atoms with Gasteiger partial charge in [0.1, 0.15) is 0 Å². The lowest BCUT2D eigenvalue weighted by Crippen LogP contribution is -2.62. The van der Waals surface area contributed by atoms with E-state index in [0.29, 0.717) is 6.42 Å². The fourth-order valence-corrected chi connectivity index (χ4v) is 2.23. The Hall–Kier alpha value is -2.01. The monoisotopic (exact) mass is 495 g/mol. The van der Waals surface area contributed by atoms with Crippen LogP contribution in [0, 0.1) is 0 Å². The van der Waals surface area contributed by atoms with Gasteiger partial charge in [0.2, 0.25) is 5.83 Å². The molecule has 31 heavy (non-hydrogen) atoms. The molecular formula is C14H17F8NO7S. The number of halogens is 8. The molecular weight excluding hydrogens is 478 g/mol. The quantitative estimate of drug-likeness (QED) is 0.107. The van der Waals surface area contributed by atoms with Crippen molar-refractivity contribution in [2.45, 2.75) is 49.3 Å². The van der Waals surface area contributed by atoms with Crippen LogP contribution in [-0.4, -0.2) is 61.1 Å². The van der Waals surface area contributed by atoms with Crippen molar-refractivity contribution in [1.29, 1.82) is 0 Å². The molecule has 0 aliphatic rings. The molecule has 0 aliphatic heterocycles. The zero-order valence-electron chi connectivity index (χ0n) is 15.6. The lowest BCUT2D eigenvalue weighted by atomic mass is 10.2. The van der Waals surface area contributed by atoms with Gasteiger partial charge in [0, 0.05) is 13.0 Å². The van der Waals surface area contributed by atoms with E-state index in [-0.39, 0.29) is 6.42 Å². The fourth-order valence-electron chi connectivity index (χ4n) is 1.75. The first-order chi connectivity index (χ1) is 13.8. The van der Waals surface area contributed by atoms with E-state index >= 15 is 0 Å². The number of nitrogens with one attached hydrogen (secondary N) is 1. The SMILES string of the molecule is C=C(F)C(=O)OC(OCCC(F)(F)C(F)(F)S(=O)(=O)O)(C(=O)NCCCC)C(F)(F)F. The largest absolute Gasteiger partial charge is 0.466 e. The predicted molar refractivity (Wildman–Crippen MR) is 85.1 cm³/mol. The van der Waals surface area contributed by atoms with Crippen molar-refractivity contribution in [3.8, 4) is 0 Å². The predicted octanol–water partition coefficient (Wildman–Crippen LogP) is 2.71. The molecule has 1 amide bonds. The number of esters is 1. The van der Waals surface area contributed by atoms with E-state index in [1.165, 1.54) is 0 Å². The van der Waals surface area contributed by atoms with Crippen molar-refractivity contribution in [3.63, 3.8) is 0 Å². The molecule has 17 heteroatoms. The Kier molecular flexibility index (Phi) is 9.42. The molecule has 0 radical (unpaired) electrons. The normalized spacial score (nSPS) is 15.2. The van der Waals surface area contributed by atoms with E-state index in [1.807, 2.05) is 0 Å². The highest BCUT2D eigenvalue weighted by atomic mass is 32.2. The molecule has 0 spiro atoms. The second-order valence-electron chi connectivity index (χ2n) is 5.81. The van der Waals surface area contributed by atoms with E-state index in [1.54, 1.807) is 12.2 Å². The van der Waals surface area contributed by atoms with Crippen molar-refractivity contribution >= 4 is 22.0 Å². The highest BCUT2D eigenvalue weighted by molar-refractivity contribution is 7.87. The standard InChI is InChI=1S/C14H17F8NO7S/c1-3-4-6-23-10(25)12(13(18,19)20,30-9(24)8(2)15)29-7-5-11(16,17)14(21,22)31(26,27)28/h2-7H2,1H3,(H,23,25)(H,26,27,28). The summed E-state index contributed by atoms with van der Waals surface area (Å²) in [6.45, 7) is 1.25. The van der Waals surface area contributed by atoms with E-state index in [2.05, 4.69) is 16.1 Å². The Balaban J connectivity index is 5.96. The molecule has 1 unspecified atom stereocenters. The van der Waals surface area contributed by atoms with Gasteiger partial charge < -0.3 is 14.8 Å². The third kappa shape index (κ3) is 6.73. The zero-order valence-corrected chi connectivity index (χ0v) is 16.4. The maximum atomic E-state index is 13.5. The summed E-state index contributed by atoms with van der Waals surface area (Å²) < 4.78 is 143.